The number of rotatable bonds is 2. The molecule has 0 saturated carbocycles. The van der Waals surface area contributed by atoms with Gasteiger partial charge in [0.2, 0.25) is 0 Å². The third kappa shape index (κ3) is 1.53. The van der Waals surface area contributed by atoms with Crippen LogP contribution in [0.2, 0.25) is 0 Å². The van der Waals surface area contributed by atoms with Crippen molar-refractivity contribution in [2.24, 2.45) is 7.05 Å². The fourth-order valence-electron chi connectivity index (χ4n) is 1.27. The van der Waals surface area contributed by atoms with Gasteiger partial charge in [-0.25, -0.2) is 4.98 Å². The Hall–Kier alpha value is -0.940. The van der Waals surface area contributed by atoms with Gasteiger partial charge in [0, 0.05) is 16.9 Å². The van der Waals surface area contributed by atoms with Crippen LogP contribution in [0.1, 0.15) is 10.5 Å². The first kappa shape index (κ1) is 9.61. The quantitative estimate of drug-likeness (QED) is 0.787. The van der Waals surface area contributed by atoms with Crippen LogP contribution in [0, 0.1) is 0 Å². The van der Waals surface area contributed by atoms with E-state index >= 15 is 0 Å². The molecule has 0 saturated heterocycles. The standard InChI is InChI=1S/C9H7BrN2OS/c1-12-5-11-7(3-13)9(12)8-2-6(10)4-14-8/h2-5H,1H3. The van der Waals surface area contributed by atoms with Gasteiger partial charge in [-0.2, -0.15) is 0 Å². The van der Waals surface area contributed by atoms with Crippen LogP contribution in [-0.4, -0.2) is 15.8 Å². The molecular weight excluding hydrogens is 264 g/mol. The third-order valence-electron chi connectivity index (χ3n) is 1.88. The molecule has 2 aromatic heterocycles. The molecule has 0 fully saturated rings. The van der Waals surface area contributed by atoms with Crippen LogP contribution in [0.15, 0.2) is 22.2 Å². The van der Waals surface area contributed by atoms with Crippen molar-refractivity contribution in [2.75, 3.05) is 0 Å². The van der Waals surface area contributed by atoms with Crippen molar-refractivity contribution < 1.29 is 4.79 Å². The van der Waals surface area contributed by atoms with E-state index in [2.05, 4.69) is 20.9 Å². The van der Waals surface area contributed by atoms with Gasteiger partial charge >= 0.3 is 0 Å². The van der Waals surface area contributed by atoms with E-state index in [1.54, 1.807) is 17.7 Å². The van der Waals surface area contributed by atoms with Gasteiger partial charge in [-0.1, -0.05) is 0 Å². The Balaban J connectivity index is 2.59. The van der Waals surface area contributed by atoms with Gasteiger partial charge in [0.25, 0.3) is 0 Å². The summed E-state index contributed by atoms with van der Waals surface area (Å²) in [6.45, 7) is 0. The van der Waals surface area contributed by atoms with E-state index in [-0.39, 0.29) is 0 Å². The van der Waals surface area contributed by atoms with Crippen molar-refractivity contribution in [1.82, 2.24) is 9.55 Å². The summed E-state index contributed by atoms with van der Waals surface area (Å²) in [4.78, 5) is 15.8. The molecule has 0 aliphatic heterocycles. The van der Waals surface area contributed by atoms with Crippen molar-refractivity contribution in [3.05, 3.63) is 27.9 Å². The molecule has 3 nitrogen and oxygen atoms in total. The number of halogens is 1. The highest BCUT2D eigenvalue weighted by molar-refractivity contribution is 9.10. The Morgan fingerprint density at radius 2 is 2.43 bits per heavy atom. The first-order valence-electron chi connectivity index (χ1n) is 3.93. The average Bonchev–Trinajstić information content (AvgIpc) is 2.71. The first-order chi connectivity index (χ1) is 6.72. The smallest absolute Gasteiger partial charge is 0.170 e. The summed E-state index contributed by atoms with van der Waals surface area (Å²) < 4.78 is 2.87. The molecule has 0 spiro atoms. The summed E-state index contributed by atoms with van der Waals surface area (Å²) in [5.41, 5.74) is 1.36. The molecule has 0 atom stereocenters. The Kier molecular flexibility index (Phi) is 2.52. The second kappa shape index (κ2) is 3.67. The van der Waals surface area contributed by atoms with Gasteiger partial charge in [-0.3, -0.25) is 4.79 Å². The highest BCUT2D eigenvalue weighted by atomic mass is 79.9. The SMILES string of the molecule is Cn1cnc(C=O)c1-c1cc(Br)cs1. The van der Waals surface area contributed by atoms with E-state index in [9.17, 15) is 4.79 Å². The minimum absolute atomic E-state index is 0.488. The molecule has 0 radical (unpaired) electrons. The van der Waals surface area contributed by atoms with Gasteiger partial charge in [0.05, 0.1) is 16.9 Å². The number of aromatic nitrogens is 2. The van der Waals surface area contributed by atoms with Crippen molar-refractivity contribution in [3.63, 3.8) is 0 Å². The lowest BCUT2D eigenvalue weighted by Gasteiger charge is -1.98. The molecular formula is C9H7BrN2OS. The summed E-state index contributed by atoms with van der Waals surface area (Å²) >= 11 is 4.97. The van der Waals surface area contributed by atoms with Crippen LogP contribution < -0.4 is 0 Å². The molecule has 2 rings (SSSR count). The van der Waals surface area contributed by atoms with Crippen LogP contribution in [0.4, 0.5) is 0 Å². The van der Waals surface area contributed by atoms with Gasteiger partial charge in [0.1, 0.15) is 5.69 Å². The van der Waals surface area contributed by atoms with E-state index in [0.29, 0.717) is 5.69 Å². The predicted octanol–water partition coefficient (Wildman–Crippen LogP) is 2.72. The van der Waals surface area contributed by atoms with Crippen LogP contribution in [0.3, 0.4) is 0 Å². The Morgan fingerprint density at radius 1 is 1.64 bits per heavy atom. The van der Waals surface area contributed by atoms with Crippen LogP contribution in [-0.2, 0) is 7.05 Å². The first-order valence-corrected chi connectivity index (χ1v) is 5.60. The van der Waals surface area contributed by atoms with Crippen LogP contribution in [0.5, 0.6) is 0 Å². The maximum atomic E-state index is 10.7. The molecule has 0 bridgehead atoms. The normalized spacial score (nSPS) is 10.4. The highest BCUT2D eigenvalue weighted by Crippen LogP contribution is 2.30. The summed E-state index contributed by atoms with van der Waals surface area (Å²) in [6, 6.07) is 1.98. The van der Waals surface area contributed by atoms with E-state index in [4.69, 9.17) is 0 Å². The van der Waals surface area contributed by atoms with Crippen LogP contribution in [0.25, 0.3) is 10.6 Å². The second-order valence-electron chi connectivity index (χ2n) is 2.84. The number of carbonyl (C=O) groups is 1. The van der Waals surface area contributed by atoms with E-state index in [0.717, 1.165) is 21.3 Å². The van der Waals surface area contributed by atoms with Gasteiger partial charge in [0.15, 0.2) is 6.29 Å². The van der Waals surface area contributed by atoms with Gasteiger partial charge < -0.3 is 4.57 Å². The van der Waals surface area contributed by atoms with E-state index in [1.165, 1.54) is 0 Å². The van der Waals surface area contributed by atoms with Crippen molar-refractivity contribution in [2.45, 2.75) is 0 Å². The highest BCUT2D eigenvalue weighted by Gasteiger charge is 2.11. The molecule has 0 N–H and O–H groups in total. The summed E-state index contributed by atoms with van der Waals surface area (Å²) in [5.74, 6) is 0. The number of carbonyl (C=O) groups excluding carboxylic acids is 1. The fourth-order valence-corrected chi connectivity index (χ4v) is 2.80. The van der Waals surface area contributed by atoms with Gasteiger partial charge in [-0.15, -0.1) is 11.3 Å². The predicted molar refractivity (Wildman–Crippen MR) is 59.6 cm³/mol. The lowest BCUT2D eigenvalue weighted by atomic mass is 10.3. The molecule has 0 aliphatic carbocycles. The Morgan fingerprint density at radius 3 is 3.00 bits per heavy atom. The summed E-state index contributed by atoms with van der Waals surface area (Å²) in [6.07, 6.45) is 2.43. The molecule has 0 amide bonds. The maximum absolute atomic E-state index is 10.7. The number of imidazole rings is 1. The molecule has 0 aromatic carbocycles. The molecule has 2 heterocycles. The summed E-state index contributed by atoms with van der Waals surface area (Å²) in [7, 11) is 1.88. The maximum Gasteiger partial charge on any atom is 0.170 e. The van der Waals surface area contributed by atoms with Gasteiger partial charge in [-0.05, 0) is 22.0 Å². The van der Waals surface area contributed by atoms with Crippen molar-refractivity contribution in [1.29, 1.82) is 0 Å². The number of hydrogen-bond donors (Lipinski definition) is 0. The Bertz CT molecular complexity index is 475. The topological polar surface area (TPSA) is 34.9 Å². The second-order valence-corrected chi connectivity index (χ2v) is 4.66. The molecule has 2 aromatic rings. The fraction of sp³-hybridized carbons (Fsp3) is 0.111. The molecule has 0 unspecified atom stereocenters. The largest absolute Gasteiger partial charge is 0.332 e. The van der Waals surface area contributed by atoms with Crippen molar-refractivity contribution in [3.8, 4) is 10.6 Å². The zero-order valence-corrected chi connectivity index (χ0v) is 9.80. The van der Waals surface area contributed by atoms with E-state index < -0.39 is 0 Å². The molecule has 5 heteroatoms. The lowest BCUT2D eigenvalue weighted by Crippen LogP contribution is -1.90. The van der Waals surface area contributed by atoms with Crippen molar-refractivity contribution >= 4 is 33.6 Å². The zero-order valence-electron chi connectivity index (χ0n) is 7.40. The zero-order chi connectivity index (χ0) is 10.1. The number of nitrogens with zero attached hydrogens (tertiary/aromatic N) is 2. The molecule has 72 valence electrons. The average molecular weight is 271 g/mol. The third-order valence-corrected chi connectivity index (χ3v) is 3.58. The number of hydrogen-bond acceptors (Lipinski definition) is 3. The Labute approximate surface area is 93.5 Å². The number of thiophene rings is 1. The van der Waals surface area contributed by atoms with Crippen LogP contribution >= 0.6 is 27.3 Å². The number of aryl methyl sites for hydroxylation is 1. The summed E-state index contributed by atoms with van der Waals surface area (Å²) in [5, 5.41) is 1.98. The molecule has 0 aliphatic rings. The minimum Gasteiger partial charge on any atom is -0.332 e. The van der Waals surface area contributed by atoms with E-state index in [1.807, 2.05) is 23.1 Å². The lowest BCUT2D eigenvalue weighted by molar-refractivity contribution is 0.112. The number of aldehydes is 1. The monoisotopic (exact) mass is 270 g/mol. The minimum atomic E-state index is 0.488. The molecule has 14 heavy (non-hydrogen) atoms.